The molecule has 0 unspecified atom stereocenters. The summed E-state index contributed by atoms with van der Waals surface area (Å²) in [6.45, 7) is 1.87. The van der Waals surface area contributed by atoms with E-state index in [1.165, 1.54) is 11.3 Å². The van der Waals surface area contributed by atoms with Gasteiger partial charge < -0.3 is 0 Å². The van der Waals surface area contributed by atoms with E-state index in [9.17, 15) is 8.78 Å². The molecule has 0 aliphatic rings. The number of fused-ring (bicyclic) bond motifs is 1. The summed E-state index contributed by atoms with van der Waals surface area (Å²) < 4.78 is 26.0. The predicted molar refractivity (Wildman–Crippen MR) is 56.5 cm³/mol. The van der Waals surface area contributed by atoms with E-state index in [2.05, 4.69) is 0 Å². The van der Waals surface area contributed by atoms with Crippen LogP contribution < -0.4 is 0 Å². The van der Waals surface area contributed by atoms with Crippen molar-refractivity contribution in [2.24, 2.45) is 0 Å². The number of hydrogen-bond acceptors (Lipinski definition) is 1. The van der Waals surface area contributed by atoms with Gasteiger partial charge in [-0.2, -0.15) is 0 Å². The van der Waals surface area contributed by atoms with Gasteiger partial charge in [0, 0.05) is 4.70 Å². The molecule has 0 spiro atoms. The lowest BCUT2D eigenvalue weighted by atomic mass is 10.1. The third-order valence-electron chi connectivity index (χ3n) is 2.15. The van der Waals surface area contributed by atoms with E-state index in [1.807, 2.05) is 13.0 Å². The maximum Gasteiger partial charge on any atom is 0.266 e. The minimum Gasteiger partial charge on any atom is -0.205 e. The van der Waals surface area contributed by atoms with Gasteiger partial charge in [-0.05, 0) is 35.4 Å². The molecule has 0 aliphatic heterocycles. The van der Waals surface area contributed by atoms with Crippen LogP contribution in [0, 0.1) is 6.92 Å². The molecule has 0 saturated heterocycles. The highest BCUT2D eigenvalue weighted by Crippen LogP contribution is 2.38. The Morgan fingerprint density at radius 1 is 1.43 bits per heavy atom. The van der Waals surface area contributed by atoms with Gasteiger partial charge in [-0.15, -0.1) is 11.3 Å². The van der Waals surface area contributed by atoms with E-state index in [0.717, 1.165) is 10.9 Å². The Hall–Kier alpha value is -0.670. The van der Waals surface area contributed by atoms with Crippen molar-refractivity contribution in [1.29, 1.82) is 0 Å². The maximum atomic E-state index is 12.7. The Labute approximate surface area is 89.1 Å². The highest BCUT2D eigenvalue weighted by Gasteiger charge is 2.17. The molecule has 0 saturated carbocycles. The Bertz CT molecular complexity index is 476. The summed E-state index contributed by atoms with van der Waals surface area (Å²) >= 11 is 7.09. The number of alkyl halides is 2. The first-order valence-electron chi connectivity index (χ1n) is 4.05. The molecule has 0 fully saturated rings. The van der Waals surface area contributed by atoms with Crippen molar-refractivity contribution in [3.05, 3.63) is 33.7 Å². The quantitative estimate of drug-likeness (QED) is 0.663. The zero-order valence-electron chi connectivity index (χ0n) is 7.35. The lowest BCUT2D eigenvalue weighted by Gasteiger charge is -2.06. The fourth-order valence-electron chi connectivity index (χ4n) is 1.49. The maximum absolute atomic E-state index is 12.7. The van der Waals surface area contributed by atoms with Gasteiger partial charge in [0.1, 0.15) is 0 Å². The van der Waals surface area contributed by atoms with Crippen molar-refractivity contribution < 1.29 is 8.78 Å². The summed E-state index contributed by atoms with van der Waals surface area (Å²) in [5.74, 6) is 0. The van der Waals surface area contributed by atoms with E-state index in [4.69, 9.17) is 11.6 Å². The Balaban J connectivity index is 2.86. The van der Waals surface area contributed by atoms with Crippen LogP contribution in [0.25, 0.3) is 10.1 Å². The van der Waals surface area contributed by atoms with E-state index in [0.29, 0.717) is 4.70 Å². The first-order valence-corrected chi connectivity index (χ1v) is 5.31. The molecule has 2 rings (SSSR count). The monoisotopic (exact) mass is 232 g/mol. The molecule has 0 amide bonds. The summed E-state index contributed by atoms with van der Waals surface area (Å²) in [5.41, 5.74) is 0.901. The van der Waals surface area contributed by atoms with Gasteiger partial charge in [-0.25, -0.2) is 8.78 Å². The molecule has 0 aliphatic carbocycles. The SMILES string of the molecule is Cc1cc(Cl)c(C(F)F)c2sccc12. The Kier molecular flexibility index (Phi) is 2.45. The minimum atomic E-state index is -2.51. The Morgan fingerprint density at radius 3 is 2.79 bits per heavy atom. The van der Waals surface area contributed by atoms with Crippen LogP contribution in [-0.2, 0) is 0 Å². The summed E-state index contributed by atoms with van der Waals surface area (Å²) in [4.78, 5) is 0. The minimum absolute atomic E-state index is 0.0396. The van der Waals surface area contributed by atoms with Crippen LogP contribution >= 0.6 is 22.9 Å². The predicted octanol–water partition coefficient (Wildman–Crippen LogP) is 4.80. The first-order chi connectivity index (χ1) is 6.61. The number of thiophene rings is 1. The van der Waals surface area contributed by atoms with Crippen LogP contribution in [0.3, 0.4) is 0 Å². The second-order valence-electron chi connectivity index (χ2n) is 3.05. The first kappa shape index (κ1) is 9.87. The van der Waals surface area contributed by atoms with Gasteiger partial charge in [0.15, 0.2) is 0 Å². The third kappa shape index (κ3) is 1.41. The van der Waals surface area contributed by atoms with Crippen LogP contribution in [0.1, 0.15) is 17.6 Å². The average Bonchev–Trinajstić information content (AvgIpc) is 2.51. The third-order valence-corrected chi connectivity index (χ3v) is 3.41. The normalized spacial score (nSPS) is 11.5. The molecular weight excluding hydrogens is 226 g/mol. The highest BCUT2D eigenvalue weighted by atomic mass is 35.5. The molecule has 0 bridgehead atoms. The average molecular weight is 233 g/mol. The van der Waals surface area contributed by atoms with Gasteiger partial charge in [-0.1, -0.05) is 11.6 Å². The van der Waals surface area contributed by atoms with Crippen LogP contribution in [-0.4, -0.2) is 0 Å². The largest absolute Gasteiger partial charge is 0.266 e. The fraction of sp³-hybridized carbons (Fsp3) is 0.200. The van der Waals surface area contributed by atoms with Crippen LogP contribution in [0.15, 0.2) is 17.5 Å². The number of rotatable bonds is 1. The topological polar surface area (TPSA) is 0 Å². The van der Waals surface area contributed by atoms with Gasteiger partial charge in [0.05, 0.1) is 10.6 Å². The summed E-state index contributed by atoms with van der Waals surface area (Å²) in [7, 11) is 0. The molecule has 4 heteroatoms. The molecule has 2 aromatic rings. The molecule has 0 atom stereocenters. The molecule has 0 N–H and O–H groups in total. The second kappa shape index (κ2) is 3.48. The molecule has 1 heterocycles. The molecule has 0 nitrogen and oxygen atoms in total. The summed E-state index contributed by atoms with van der Waals surface area (Å²) in [5, 5.41) is 2.84. The fourth-order valence-corrected chi connectivity index (χ4v) is 2.90. The zero-order valence-corrected chi connectivity index (χ0v) is 8.92. The Morgan fingerprint density at radius 2 is 2.14 bits per heavy atom. The second-order valence-corrected chi connectivity index (χ2v) is 4.38. The van der Waals surface area contributed by atoms with Crippen molar-refractivity contribution in [3.8, 4) is 0 Å². The summed E-state index contributed by atoms with van der Waals surface area (Å²) in [6, 6.07) is 3.44. The van der Waals surface area contributed by atoms with E-state index >= 15 is 0 Å². The van der Waals surface area contributed by atoms with Gasteiger partial charge in [-0.3, -0.25) is 0 Å². The summed E-state index contributed by atoms with van der Waals surface area (Å²) in [6.07, 6.45) is -2.51. The van der Waals surface area contributed by atoms with Crippen molar-refractivity contribution >= 4 is 33.0 Å². The molecule has 14 heavy (non-hydrogen) atoms. The van der Waals surface area contributed by atoms with Crippen molar-refractivity contribution in [3.63, 3.8) is 0 Å². The highest BCUT2D eigenvalue weighted by molar-refractivity contribution is 7.17. The van der Waals surface area contributed by atoms with Crippen molar-refractivity contribution in [2.45, 2.75) is 13.3 Å². The number of hydrogen-bond donors (Lipinski definition) is 0. The molecule has 1 aromatic heterocycles. The van der Waals surface area contributed by atoms with Gasteiger partial charge in [0.25, 0.3) is 6.43 Å². The van der Waals surface area contributed by atoms with Crippen molar-refractivity contribution in [2.75, 3.05) is 0 Å². The molecule has 74 valence electrons. The van der Waals surface area contributed by atoms with Gasteiger partial charge >= 0.3 is 0 Å². The lowest BCUT2D eigenvalue weighted by Crippen LogP contribution is -1.88. The zero-order chi connectivity index (χ0) is 10.3. The number of benzene rings is 1. The molecule has 1 aromatic carbocycles. The van der Waals surface area contributed by atoms with E-state index in [1.54, 1.807) is 11.4 Å². The van der Waals surface area contributed by atoms with E-state index < -0.39 is 6.43 Å². The number of aryl methyl sites for hydroxylation is 1. The molecular formula is C10H7ClF2S. The smallest absolute Gasteiger partial charge is 0.205 e. The standard InChI is InChI=1S/C10H7ClF2S/c1-5-4-7(11)8(10(12)13)9-6(5)2-3-14-9/h2-4,10H,1H3. The van der Waals surface area contributed by atoms with Crippen LogP contribution in [0.4, 0.5) is 8.78 Å². The number of halogens is 3. The lowest BCUT2D eigenvalue weighted by molar-refractivity contribution is 0.153. The van der Waals surface area contributed by atoms with E-state index in [-0.39, 0.29) is 10.6 Å². The molecule has 0 radical (unpaired) electrons. The van der Waals surface area contributed by atoms with Crippen LogP contribution in [0.5, 0.6) is 0 Å². The van der Waals surface area contributed by atoms with Crippen molar-refractivity contribution in [1.82, 2.24) is 0 Å². The van der Waals surface area contributed by atoms with Gasteiger partial charge in [0.2, 0.25) is 0 Å². The van der Waals surface area contributed by atoms with Crippen LogP contribution in [0.2, 0.25) is 5.02 Å².